The first-order valence-electron chi connectivity index (χ1n) is 8.69. The lowest BCUT2D eigenvalue weighted by molar-refractivity contribution is -0.293. The minimum Gasteiger partial charge on any atom is -0.386 e. The molecule has 0 aromatic carbocycles. The topological polar surface area (TPSA) is 47.9 Å². The van der Waals surface area contributed by atoms with E-state index in [0.29, 0.717) is 20.6 Å². The standard InChI is InChI=1S/C8H9Cl2N.C8H11F3N2OS.C2H6/c1-11-8-6(9)4-2-3-5-7(8)10;1-5(2)6-3-7(14,8(9,10)11)13(4-15)12-6;1-2/h2,4-5,11H,3H2,1H3;4-5,14H,3H2,1-2H3;1-2H3. The molecule has 0 amide bonds. The number of likely N-dealkylation sites (N-methyl/N-ethyl adjacent to an activating group) is 1. The first-order valence-corrected chi connectivity index (χ1v) is 9.91. The molecule has 4 nitrogen and oxygen atoms in total. The fraction of sp³-hybridized carbons (Fsp3) is 0.556. The summed E-state index contributed by atoms with van der Waals surface area (Å²) in [6, 6.07) is 0. The lowest BCUT2D eigenvalue weighted by atomic mass is 9.99. The molecule has 2 aliphatic rings. The largest absolute Gasteiger partial charge is 0.438 e. The Hall–Kier alpha value is -1.09. The molecule has 1 heterocycles. The van der Waals surface area contributed by atoms with Crippen molar-refractivity contribution >= 4 is 46.6 Å². The molecule has 0 bridgehead atoms. The van der Waals surface area contributed by atoms with Crippen LogP contribution in [0.5, 0.6) is 0 Å². The first-order chi connectivity index (χ1) is 13.0. The fourth-order valence-electron chi connectivity index (χ4n) is 2.13. The molecule has 0 spiro atoms. The molecule has 1 aliphatic heterocycles. The van der Waals surface area contributed by atoms with Crippen LogP contribution in [-0.2, 0) is 0 Å². The van der Waals surface area contributed by atoms with E-state index in [1.807, 2.05) is 32.1 Å². The normalized spacial score (nSPS) is 21.8. The molecule has 0 radical (unpaired) electrons. The second kappa shape index (κ2) is 11.8. The zero-order chi connectivity index (χ0) is 22.1. The summed E-state index contributed by atoms with van der Waals surface area (Å²) in [5, 5.41) is 17.8. The molecule has 10 heteroatoms. The third-order valence-electron chi connectivity index (χ3n) is 3.69. The van der Waals surface area contributed by atoms with Crippen LogP contribution in [0, 0.1) is 5.92 Å². The summed E-state index contributed by atoms with van der Waals surface area (Å²) < 4.78 is 37.8. The van der Waals surface area contributed by atoms with Gasteiger partial charge in [-0.15, -0.1) is 0 Å². The number of alkyl halides is 3. The van der Waals surface area contributed by atoms with Gasteiger partial charge in [-0.3, -0.25) is 0 Å². The summed E-state index contributed by atoms with van der Waals surface area (Å²) in [7, 11) is 1.80. The van der Waals surface area contributed by atoms with Crippen molar-refractivity contribution in [2.45, 2.75) is 52.4 Å². The molecule has 0 fully saturated rings. The summed E-state index contributed by atoms with van der Waals surface area (Å²) in [6.45, 7) is 7.42. The number of allylic oxidation sites excluding steroid dienone is 5. The molecule has 0 aromatic heterocycles. The number of nitrogens with one attached hydrogen (secondary N) is 1. The van der Waals surface area contributed by atoms with E-state index < -0.39 is 18.3 Å². The van der Waals surface area contributed by atoms with Crippen molar-refractivity contribution in [1.29, 1.82) is 0 Å². The second-order valence-corrected chi connectivity index (χ2v) is 6.88. The minimum atomic E-state index is -4.78. The lowest BCUT2D eigenvalue weighted by Crippen LogP contribution is -2.54. The third-order valence-corrected chi connectivity index (χ3v) is 4.55. The van der Waals surface area contributed by atoms with E-state index >= 15 is 0 Å². The molecule has 1 unspecified atom stereocenters. The van der Waals surface area contributed by atoms with Crippen LogP contribution in [0.25, 0.3) is 0 Å². The maximum atomic E-state index is 12.6. The van der Waals surface area contributed by atoms with Crippen molar-refractivity contribution in [3.05, 3.63) is 34.0 Å². The van der Waals surface area contributed by atoms with Gasteiger partial charge in [0.1, 0.15) is 0 Å². The van der Waals surface area contributed by atoms with E-state index in [1.54, 1.807) is 20.9 Å². The SMILES string of the molecule is CC.CC(C)C1=NN(C=S)C(O)(C(F)(F)F)C1.CNC1=C(Cl)C=CCC=C1Cl. The van der Waals surface area contributed by atoms with Gasteiger partial charge in [0, 0.05) is 19.2 Å². The Morgan fingerprint density at radius 1 is 1.36 bits per heavy atom. The van der Waals surface area contributed by atoms with Crippen molar-refractivity contribution < 1.29 is 18.3 Å². The van der Waals surface area contributed by atoms with Gasteiger partial charge in [-0.1, -0.05) is 75.3 Å². The number of aliphatic hydroxyl groups is 1. The number of thiocarbonyl (C=S) groups is 1. The first kappa shape index (κ1) is 26.9. The Labute approximate surface area is 179 Å². The highest BCUT2D eigenvalue weighted by Gasteiger charge is 2.61. The Morgan fingerprint density at radius 2 is 1.93 bits per heavy atom. The predicted octanol–water partition coefficient (Wildman–Crippen LogP) is 5.68. The molecule has 0 aromatic rings. The Bertz CT molecular complexity index is 661. The van der Waals surface area contributed by atoms with Crippen LogP contribution in [0.15, 0.2) is 39.1 Å². The summed E-state index contributed by atoms with van der Waals surface area (Å²) in [6.07, 6.45) is 1.23. The number of nitrogens with zero attached hydrogens (tertiary/aromatic N) is 2. The number of hydrazone groups is 1. The number of rotatable bonds is 3. The van der Waals surface area contributed by atoms with Crippen molar-refractivity contribution in [1.82, 2.24) is 10.3 Å². The zero-order valence-electron chi connectivity index (χ0n) is 16.4. The minimum absolute atomic E-state index is 0.154. The summed E-state index contributed by atoms with van der Waals surface area (Å²) >= 11 is 16.2. The quantitative estimate of drug-likeness (QED) is 0.533. The van der Waals surface area contributed by atoms with Gasteiger partial charge in [0.25, 0.3) is 5.72 Å². The number of hydrogen-bond acceptors (Lipinski definition) is 4. The van der Waals surface area contributed by atoms with E-state index in [4.69, 9.17) is 23.2 Å². The van der Waals surface area contributed by atoms with Crippen molar-refractivity contribution in [2.75, 3.05) is 7.05 Å². The third kappa shape index (κ3) is 6.76. The van der Waals surface area contributed by atoms with Crippen LogP contribution in [0.2, 0.25) is 0 Å². The van der Waals surface area contributed by atoms with Crippen LogP contribution in [0.1, 0.15) is 40.5 Å². The van der Waals surface area contributed by atoms with Crippen LogP contribution >= 0.6 is 35.4 Å². The number of hydrogen-bond donors (Lipinski definition) is 2. The highest BCUT2D eigenvalue weighted by atomic mass is 35.5. The van der Waals surface area contributed by atoms with Crippen LogP contribution in [0.4, 0.5) is 13.2 Å². The molecular formula is C18H26Cl2F3N3OS. The average Bonchev–Trinajstić information content (AvgIpc) is 2.91. The molecule has 28 heavy (non-hydrogen) atoms. The fourth-order valence-corrected chi connectivity index (χ4v) is 2.97. The smallest absolute Gasteiger partial charge is 0.386 e. The Kier molecular flexibility index (Phi) is 11.3. The summed E-state index contributed by atoms with van der Waals surface area (Å²) in [5.74, 6) is -0.154. The van der Waals surface area contributed by atoms with Gasteiger partial charge in [0.05, 0.1) is 21.3 Å². The molecule has 1 atom stereocenters. The van der Waals surface area contributed by atoms with Crippen LogP contribution < -0.4 is 5.32 Å². The van der Waals surface area contributed by atoms with E-state index in [-0.39, 0.29) is 11.6 Å². The monoisotopic (exact) mass is 459 g/mol. The lowest BCUT2D eigenvalue weighted by Gasteiger charge is -2.31. The maximum absolute atomic E-state index is 12.6. The molecule has 2 N–H and O–H groups in total. The van der Waals surface area contributed by atoms with Gasteiger partial charge in [-0.25, -0.2) is 5.01 Å². The molecule has 0 saturated heterocycles. The van der Waals surface area contributed by atoms with Crippen molar-refractivity contribution in [3.63, 3.8) is 0 Å². The molecule has 2 rings (SSSR count). The van der Waals surface area contributed by atoms with Gasteiger partial charge in [-0.05, 0) is 18.4 Å². The van der Waals surface area contributed by atoms with Gasteiger partial charge in [0.15, 0.2) is 0 Å². The molecular weight excluding hydrogens is 434 g/mol. The van der Waals surface area contributed by atoms with E-state index in [0.717, 1.165) is 12.1 Å². The number of halogens is 5. The Balaban J connectivity index is 0.000000497. The van der Waals surface area contributed by atoms with E-state index in [2.05, 4.69) is 22.6 Å². The van der Waals surface area contributed by atoms with Gasteiger partial charge in [0.2, 0.25) is 0 Å². The van der Waals surface area contributed by atoms with E-state index in [9.17, 15) is 18.3 Å². The maximum Gasteiger partial charge on any atom is 0.438 e. The van der Waals surface area contributed by atoms with Crippen LogP contribution in [-0.4, -0.2) is 40.3 Å². The highest BCUT2D eigenvalue weighted by molar-refractivity contribution is 7.78. The van der Waals surface area contributed by atoms with Gasteiger partial charge in [-0.2, -0.15) is 18.3 Å². The predicted molar refractivity (Wildman–Crippen MR) is 114 cm³/mol. The second-order valence-electron chi connectivity index (χ2n) is 5.85. The molecule has 0 saturated carbocycles. The zero-order valence-corrected chi connectivity index (χ0v) is 18.8. The van der Waals surface area contributed by atoms with Crippen molar-refractivity contribution in [2.24, 2.45) is 11.0 Å². The summed E-state index contributed by atoms with van der Waals surface area (Å²) in [4.78, 5) is 0. The molecule has 1 aliphatic carbocycles. The highest BCUT2D eigenvalue weighted by Crippen LogP contribution is 2.40. The van der Waals surface area contributed by atoms with E-state index in [1.165, 1.54) is 0 Å². The van der Waals surface area contributed by atoms with Gasteiger partial charge >= 0.3 is 6.18 Å². The van der Waals surface area contributed by atoms with Gasteiger partial charge < -0.3 is 10.4 Å². The summed E-state index contributed by atoms with van der Waals surface area (Å²) in [5.41, 5.74) is -1.19. The molecule has 160 valence electrons. The average molecular weight is 460 g/mol. The van der Waals surface area contributed by atoms with Crippen LogP contribution in [0.3, 0.4) is 0 Å². The Morgan fingerprint density at radius 3 is 2.32 bits per heavy atom. The van der Waals surface area contributed by atoms with Crippen molar-refractivity contribution in [3.8, 4) is 0 Å².